The molecule has 0 atom stereocenters. The summed E-state index contributed by atoms with van der Waals surface area (Å²) >= 11 is 0. The fourth-order valence-corrected chi connectivity index (χ4v) is 2.96. The Morgan fingerprint density at radius 3 is 2.81 bits per heavy atom. The summed E-state index contributed by atoms with van der Waals surface area (Å²) in [5.41, 5.74) is 11.3. The Hall–Kier alpha value is -2.49. The highest BCUT2D eigenvalue weighted by Gasteiger charge is 2.18. The molecule has 0 radical (unpaired) electrons. The largest absolute Gasteiger partial charge is 0.409 e. The molecule has 0 aromatic heterocycles. The van der Waals surface area contributed by atoms with Crippen molar-refractivity contribution >= 4 is 17.2 Å². The van der Waals surface area contributed by atoms with Crippen LogP contribution in [0.1, 0.15) is 23.1 Å². The maximum atomic E-state index is 8.81. The molecule has 4 heteroatoms. The molecule has 2 aromatic carbocycles. The van der Waals surface area contributed by atoms with Gasteiger partial charge in [-0.3, -0.25) is 0 Å². The molecular formula is C17H19N3O. The minimum absolute atomic E-state index is 0.151. The van der Waals surface area contributed by atoms with E-state index in [1.165, 1.54) is 11.3 Å². The first-order valence-electron chi connectivity index (χ1n) is 7.14. The van der Waals surface area contributed by atoms with Gasteiger partial charge in [0.15, 0.2) is 5.84 Å². The van der Waals surface area contributed by atoms with Gasteiger partial charge in [-0.2, -0.15) is 0 Å². The molecule has 0 bridgehead atoms. The number of benzene rings is 2. The van der Waals surface area contributed by atoms with Crippen molar-refractivity contribution < 1.29 is 5.21 Å². The number of para-hydroxylation sites is 1. The Kier molecular flexibility index (Phi) is 3.52. The SMILES string of the molecule is Cc1cc(N2CCCc3ccccc32)ccc1/C(N)=N/O. The zero-order valence-electron chi connectivity index (χ0n) is 12.1. The third-order valence-corrected chi connectivity index (χ3v) is 4.02. The van der Waals surface area contributed by atoms with Crippen molar-refractivity contribution in [1.29, 1.82) is 0 Å². The number of nitrogens with zero attached hydrogens (tertiary/aromatic N) is 2. The quantitative estimate of drug-likeness (QED) is 0.385. The van der Waals surface area contributed by atoms with Gasteiger partial charge >= 0.3 is 0 Å². The third-order valence-electron chi connectivity index (χ3n) is 4.02. The highest BCUT2D eigenvalue weighted by Crippen LogP contribution is 2.33. The molecule has 0 unspecified atom stereocenters. The van der Waals surface area contributed by atoms with Crippen LogP contribution in [-0.4, -0.2) is 17.6 Å². The van der Waals surface area contributed by atoms with Crippen LogP contribution >= 0.6 is 0 Å². The molecule has 1 aliphatic rings. The minimum atomic E-state index is 0.151. The van der Waals surface area contributed by atoms with Gasteiger partial charge in [-0.05, 0) is 55.2 Å². The van der Waals surface area contributed by atoms with Gasteiger partial charge in [0.25, 0.3) is 0 Å². The number of aryl methyl sites for hydroxylation is 2. The van der Waals surface area contributed by atoms with Crippen molar-refractivity contribution in [1.82, 2.24) is 0 Å². The lowest BCUT2D eigenvalue weighted by Crippen LogP contribution is -2.24. The lowest BCUT2D eigenvalue weighted by Gasteiger charge is -2.31. The summed E-state index contributed by atoms with van der Waals surface area (Å²) in [7, 11) is 0. The van der Waals surface area contributed by atoms with Gasteiger partial charge in [-0.25, -0.2) is 0 Å². The standard InChI is InChI=1S/C17H19N3O/c1-12-11-14(8-9-15(12)17(18)19-21)20-10-4-6-13-5-2-3-7-16(13)20/h2-3,5,7-9,11,21H,4,6,10H2,1H3,(H2,18,19). The van der Waals surface area contributed by atoms with E-state index in [4.69, 9.17) is 10.9 Å². The molecule has 3 N–H and O–H groups in total. The van der Waals surface area contributed by atoms with Gasteiger partial charge in [0, 0.05) is 23.5 Å². The van der Waals surface area contributed by atoms with Gasteiger partial charge in [0.05, 0.1) is 0 Å². The zero-order chi connectivity index (χ0) is 14.8. The maximum absolute atomic E-state index is 8.81. The topological polar surface area (TPSA) is 61.8 Å². The van der Waals surface area contributed by atoms with Crippen molar-refractivity contribution in [3.63, 3.8) is 0 Å². The lowest BCUT2D eigenvalue weighted by atomic mass is 10.00. The first kappa shape index (κ1) is 13.5. The molecule has 2 aromatic rings. The predicted molar refractivity (Wildman–Crippen MR) is 85.5 cm³/mol. The van der Waals surface area contributed by atoms with E-state index in [2.05, 4.69) is 40.4 Å². The molecule has 0 amide bonds. The number of hydrogen-bond donors (Lipinski definition) is 2. The van der Waals surface area contributed by atoms with Crippen LogP contribution < -0.4 is 10.6 Å². The summed E-state index contributed by atoms with van der Waals surface area (Å²) < 4.78 is 0. The second kappa shape index (κ2) is 5.48. The Labute approximate surface area is 124 Å². The summed E-state index contributed by atoms with van der Waals surface area (Å²) in [5.74, 6) is 0.151. The Balaban J connectivity index is 2.01. The minimum Gasteiger partial charge on any atom is -0.409 e. The lowest BCUT2D eigenvalue weighted by molar-refractivity contribution is 0.318. The Bertz CT molecular complexity index is 694. The van der Waals surface area contributed by atoms with Crippen LogP contribution in [0.15, 0.2) is 47.6 Å². The number of fused-ring (bicyclic) bond motifs is 1. The van der Waals surface area contributed by atoms with Crippen LogP contribution in [0.5, 0.6) is 0 Å². The number of oxime groups is 1. The monoisotopic (exact) mass is 281 g/mol. The van der Waals surface area contributed by atoms with Crippen LogP contribution in [0.2, 0.25) is 0 Å². The molecule has 21 heavy (non-hydrogen) atoms. The molecule has 108 valence electrons. The molecule has 3 rings (SSSR count). The van der Waals surface area contributed by atoms with Crippen molar-refractivity contribution in [2.75, 3.05) is 11.4 Å². The second-order valence-corrected chi connectivity index (χ2v) is 5.37. The molecule has 0 saturated heterocycles. The normalized spacial score (nSPS) is 14.9. The number of hydrogen-bond acceptors (Lipinski definition) is 3. The summed E-state index contributed by atoms with van der Waals surface area (Å²) in [6, 6.07) is 14.6. The van der Waals surface area contributed by atoms with E-state index in [-0.39, 0.29) is 5.84 Å². The van der Waals surface area contributed by atoms with Gasteiger partial charge in [0.2, 0.25) is 0 Å². The van der Waals surface area contributed by atoms with Crippen LogP contribution in [0.3, 0.4) is 0 Å². The second-order valence-electron chi connectivity index (χ2n) is 5.37. The number of anilines is 2. The van der Waals surface area contributed by atoms with Crippen LogP contribution in [-0.2, 0) is 6.42 Å². The van der Waals surface area contributed by atoms with E-state index >= 15 is 0 Å². The molecule has 0 fully saturated rings. The predicted octanol–water partition coefficient (Wildman–Crippen LogP) is 3.17. The summed E-state index contributed by atoms with van der Waals surface area (Å²) in [6.07, 6.45) is 2.28. The molecule has 0 saturated carbocycles. The van der Waals surface area contributed by atoms with E-state index in [0.29, 0.717) is 0 Å². The van der Waals surface area contributed by atoms with E-state index in [0.717, 1.165) is 36.2 Å². The first-order valence-corrected chi connectivity index (χ1v) is 7.14. The van der Waals surface area contributed by atoms with Crippen LogP contribution in [0.4, 0.5) is 11.4 Å². The maximum Gasteiger partial charge on any atom is 0.170 e. The fourth-order valence-electron chi connectivity index (χ4n) is 2.96. The van der Waals surface area contributed by atoms with Crippen molar-refractivity contribution in [2.45, 2.75) is 19.8 Å². The van der Waals surface area contributed by atoms with Gasteiger partial charge < -0.3 is 15.8 Å². The summed E-state index contributed by atoms with van der Waals surface area (Å²) in [4.78, 5) is 2.34. The van der Waals surface area contributed by atoms with Crippen molar-refractivity contribution in [3.8, 4) is 0 Å². The van der Waals surface area contributed by atoms with E-state index in [1.807, 2.05) is 19.1 Å². The van der Waals surface area contributed by atoms with E-state index in [1.54, 1.807) is 0 Å². The van der Waals surface area contributed by atoms with Crippen molar-refractivity contribution in [2.24, 2.45) is 10.9 Å². The fraction of sp³-hybridized carbons (Fsp3) is 0.235. The Morgan fingerprint density at radius 2 is 2.05 bits per heavy atom. The van der Waals surface area contributed by atoms with Gasteiger partial charge in [-0.1, -0.05) is 23.4 Å². The summed E-state index contributed by atoms with van der Waals surface area (Å²) in [6.45, 7) is 2.99. The average molecular weight is 281 g/mol. The highest BCUT2D eigenvalue weighted by molar-refractivity contribution is 5.98. The molecule has 0 spiro atoms. The average Bonchev–Trinajstić information content (AvgIpc) is 2.53. The summed E-state index contributed by atoms with van der Waals surface area (Å²) in [5, 5.41) is 11.9. The molecule has 0 aliphatic carbocycles. The number of nitrogens with two attached hydrogens (primary N) is 1. The number of rotatable bonds is 2. The Morgan fingerprint density at radius 1 is 1.24 bits per heavy atom. The molecule has 1 heterocycles. The van der Waals surface area contributed by atoms with Crippen LogP contribution in [0.25, 0.3) is 0 Å². The number of amidine groups is 1. The van der Waals surface area contributed by atoms with Crippen molar-refractivity contribution in [3.05, 3.63) is 59.2 Å². The first-order chi connectivity index (χ1) is 10.2. The van der Waals surface area contributed by atoms with E-state index < -0.39 is 0 Å². The molecule has 1 aliphatic heterocycles. The molecule has 4 nitrogen and oxygen atoms in total. The molecular weight excluding hydrogens is 262 g/mol. The zero-order valence-corrected chi connectivity index (χ0v) is 12.1. The van der Waals surface area contributed by atoms with Crippen LogP contribution in [0, 0.1) is 6.92 Å². The third kappa shape index (κ3) is 2.44. The smallest absolute Gasteiger partial charge is 0.170 e. The van der Waals surface area contributed by atoms with E-state index in [9.17, 15) is 0 Å². The van der Waals surface area contributed by atoms with Gasteiger partial charge in [-0.15, -0.1) is 0 Å². The van der Waals surface area contributed by atoms with Gasteiger partial charge in [0.1, 0.15) is 0 Å². The highest BCUT2D eigenvalue weighted by atomic mass is 16.4.